The van der Waals surface area contributed by atoms with Crippen LogP contribution in [0.15, 0.2) is 46.8 Å². The number of aryl methyl sites for hydroxylation is 3. The van der Waals surface area contributed by atoms with Crippen molar-refractivity contribution in [3.63, 3.8) is 0 Å². The van der Waals surface area contributed by atoms with Crippen LogP contribution in [0.25, 0.3) is 5.69 Å². The molecule has 0 aliphatic rings. The van der Waals surface area contributed by atoms with Gasteiger partial charge in [0.15, 0.2) is 8.29 Å². The molecule has 0 bridgehead atoms. The van der Waals surface area contributed by atoms with E-state index in [-0.39, 0.29) is 11.2 Å². The maximum Gasteiger partial charge on any atom is 0.237 e. The number of nitrogens with zero attached hydrogens (tertiary/aromatic N) is 2. The predicted molar refractivity (Wildman–Crippen MR) is 117 cm³/mol. The number of hydrogen-bond donors (Lipinski definition) is 1. The maximum absolute atomic E-state index is 12.7. The van der Waals surface area contributed by atoms with Gasteiger partial charge >= 0.3 is 0 Å². The summed E-state index contributed by atoms with van der Waals surface area (Å²) in [5, 5.41) is 7.35. The van der Waals surface area contributed by atoms with Gasteiger partial charge in [-0.05, 0) is 63.2 Å². The van der Waals surface area contributed by atoms with E-state index in [0.717, 1.165) is 26.8 Å². The lowest BCUT2D eigenvalue weighted by Crippen LogP contribution is -2.23. The zero-order chi connectivity index (χ0) is 19.6. The number of anilines is 1. The Hall–Kier alpha value is -1.96. The molecule has 7 heteroatoms. The quantitative estimate of drug-likeness (QED) is 0.428. The van der Waals surface area contributed by atoms with Gasteiger partial charge in [0.25, 0.3) is 0 Å². The first kappa shape index (κ1) is 19.8. The molecule has 0 aliphatic heterocycles. The molecule has 1 amide bonds. The van der Waals surface area contributed by atoms with Crippen molar-refractivity contribution in [2.24, 2.45) is 0 Å². The van der Waals surface area contributed by atoms with Gasteiger partial charge < -0.3 is 5.32 Å². The summed E-state index contributed by atoms with van der Waals surface area (Å²) in [6, 6.07) is 13.9. The van der Waals surface area contributed by atoms with Gasteiger partial charge in [-0.1, -0.05) is 59.0 Å². The SMILES string of the molecule is Cc1cc(C)c(NC(=O)C(C)Sc2nn(-c3ccccc3)c(=S)s2)c(C)c1. The second-order valence-corrected chi connectivity index (χ2v) is 9.61. The Morgan fingerprint density at radius 2 is 1.81 bits per heavy atom. The third-order valence-corrected chi connectivity index (χ3v) is 6.52. The van der Waals surface area contributed by atoms with Crippen LogP contribution in [0.3, 0.4) is 0 Å². The van der Waals surface area contributed by atoms with E-state index >= 15 is 0 Å². The molecule has 1 heterocycles. The van der Waals surface area contributed by atoms with E-state index in [0.29, 0.717) is 3.95 Å². The number of nitrogens with one attached hydrogen (secondary N) is 1. The van der Waals surface area contributed by atoms with Crippen molar-refractivity contribution in [3.8, 4) is 5.69 Å². The molecule has 27 heavy (non-hydrogen) atoms. The van der Waals surface area contributed by atoms with Gasteiger partial charge in [0.05, 0.1) is 10.9 Å². The standard InChI is InChI=1S/C20H21N3OS3/c1-12-10-13(2)17(14(3)11-12)21-18(24)15(4)26-19-22-23(20(25)27-19)16-8-6-5-7-9-16/h5-11,15H,1-4H3,(H,21,24). The lowest BCUT2D eigenvalue weighted by atomic mass is 10.1. The van der Waals surface area contributed by atoms with Crippen molar-refractivity contribution < 1.29 is 4.79 Å². The van der Waals surface area contributed by atoms with Crippen LogP contribution < -0.4 is 5.32 Å². The number of carbonyl (C=O) groups excluding carboxylic acids is 1. The Morgan fingerprint density at radius 3 is 2.44 bits per heavy atom. The zero-order valence-corrected chi connectivity index (χ0v) is 18.1. The van der Waals surface area contributed by atoms with Crippen LogP contribution in [-0.4, -0.2) is 20.9 Å². The molecular formula is C20H21N3OS3. The van der Waals surface area contributed by atoms with Crippen molar-refractivity contribution >= 4 is 46.9 Å². The molecular weight excluding hydrogens is 394 g/mol. The molecule has 3 aromatic rings. The molecule has 1 unspecified atom stereocenters. The normalized spacial score (nSPS) is 12.0. The molecule has 1 N–H and O–H groups in total. The highest BCUT2D eigenvalue weighted by Gasteiger charge is 2.19. The molecule has 0 radical (unpaired) electrons. The van der Waals surface area contributed by atoms with Crippen LogP contribution in [-0.2, 0) is 4.79 Å². The third kappa shape index (κ3) is 4.66. The number of thioether (sulfide) groups is 1. The number of para-hydroxylation sites is 1. The molecule has 0 saturated heterocycles. The molecule has 4 nitrogen and oxygen atoms in total. The molecule has 0 spiro atoms. The minimum absolute atomic E-state index is 0.0394. The zero-order valence-electron chi connectivity index (χ0n) is 15.6. The van der Waals surface area contributed by atoms with E-state index < -0.39 is 0 Å². The Morgan fingerprint density at radius 1 is 1.19 bits per heavy atom. The molecule has 0 saturated carbocycles. The number of carbonyl (C=O) groups is 1. The van der Waals surface area contributed by atoms with E-state index in [4.69, 9.17) is 12.2 Å². The average Bonchev–Trinajstić information content (AvgIpc) is 2.98. The Bertz CT molecular complexity index is 1000. The maximum atomic E-state index is 12.7. The van der Waals surface area contributed by atoms with Crippen molar-refractivity contribution in [2.75, 3.05) is 5.32 Å². The van der Waals surface area contributed by atoms with Crippen molar-refractivity contribution in [3.05, 3.63) is 63.1 Å². The van der Waals surface area contributed by atoms with E-state index in [1.807, 2.05) is 51.1 Å². The minimum atomic E-state index is -0.283. The number of rotatable bonds is 5. The van der Waals surface area contributed by atoms with Crippen LogP contribution >= 0.6 is 35.3 Å². The molecule has 1 aromatic heterocycles. The van der Waals surface area contributed by atoms with Crippen LogP contribution in [0.5, 0.6) is 0 Å². The largest absolute Gasteiger partial charge is 0.325 e. The van der Waals surface area contributed by atoms with E-state index in [1.54, 1.807) is 4.68 Å². The summed E-state index contributed by atoms with van der Waals surface area (Å²) in [6.07, 6.45) is 0. The minimum Gasteiger partial charge on any atom is -0.325 e. The number of benzene rings is 2. The smallest absolute Gasteiger partial charge is 0.237 e. The fourth-order valence-electron chi connectivity index (χ4n) is 2.85. The van der Waals surface area contributed by atoms with E-state index in [1.165, 1.54) is 28.7 Å². The second kappa shape index (κ2) is 8.37. The first-order valence-corrected chi connectivity index (χ1v) is 10.7. The lowest BCUT2D eigenvalue weighted by Gasteiger charge is -2.15. The van der Waals surface area contributed by atoms with E-state index in [9.17, 15) is 4.79 Å². The Kier molecular flexibility index (Phi) is 6.14. The summed E-state index contributed by atoms with van der Waals surface area (Å²) in [6.45, 7) is 7.97. The molecule has 0 fully saturated rings. The fourth-order valence-corrected chi connectivity index (χ4v) is 5.35. The van der Waals surface area contributed by atoms with E-state index in [2.05, 4.69) is 29.5 Å². The van der Waals surface area contributed by atoms with Gasteiger partial charge in [0, 0.05) is 5.69 Å². The van der Waals surface area contributed by atoms with Gasteiger partial charge in [-0.2, -0.15) is 0 Å². The predicted octanol–water partition coefficient (Wildman–Crippen LogP) is 5.71. The van der Waals surface area contributed by atoms with Crippen LogP contribution in [0.2, 0.25) is 0 Å². The van der Waals surface area contributed by atoms with Crippen molar-refractivity contribution in [1.29, 1.82) is 0 Å². The van der Waals surface area contributed by atoms with Crippen LogP contribution in [0.1, 0.15) is 23.6 Å². The number of amides is 1. The number of aromatic nitrogens is 2. The Labute approximate surface area is 172 Å². The molecule has 2 aromatic carbocycles. The first-order chi connectivity index (χ1) is 12.8. The summed E-state index contributed by atoms with van der Waals surface area (Å²) in [5.41, 5.74) is 5.15. The summed E-state index contributed by atoms with van der Waals surface area (Å²) in [5.74, 6) is -0.0394. The molecule has 140 valence electrons. The summed E-state index contributed by atoms with van der Waals surface area (Å²) in [4.78, 5) is 12.7. The van der Waals surface area contributed by atoms with Gasteiger partial charge in [0.2, 0.25) is 5.91 Å². The highest BCUT2D eigenvalue weighted by Crippen LogP contribution is 2.29. The first-order valence-electron chi connectivity index (χ1n) is 8.56. The third-order valence-electron chi connectivity index (χ3n) is 4.10. The van der Waals surface area contributed by atoms with Crippen molar-refractivity contribution in [2.45, 2.75) is 37.3 Å². The molecule has 3 rings (SSSR count). The fraction of sp³-hybridized carbons (Fsp3) is 0.250. The van der Waals surface area contributed by atoms with Crippen LogP contribution in [0.4, 0.5) is 5.69 Å². The average molecular weight is 416 g/mol. The van der Waals surface area contributed by atoms with Gasteiger partial charge in [-0.3, -0.25) is 4.79 Å². The summed E-state index contributed by atoms with van der Waals surface area (Å²) < 4.78 is 3.19. The van der Waals surface area contributed by atoms with Gasteiger partial charge in [0.1, 0.15) is 0 Å². The van der Waals surface area contributed by atoms with Crippen LogP contribution in [0, 0.1) is 24.7 Å². The van der Waals surface area contributed by atoms with Crippen molar-refractivity contribution in [1.82, 2.24) is 9.78 Å². The highest BCUT2D eigenvalue weighted by molar-refractivity contribution is 8.02. The highest BCUT2D eigenvalue weighted by atomic mass is 32.2. The topological polar surface area (TPSA) is 46.9 Å². The monoisotopic (exact) mass is 415 g/mol. The molecule has 1 atom stereocenters. The van der Waals surface area contributed by atoms with Gasteiger partial charge in [-0.25, -0.2) is 4.68 Å². The number of hydrogen-bond acceptors (Lipinski definition) is 5. The summed E-state index contributed by atoms with van der Waals surface area (Å²) in [7, 11) is 0. The Balaban J connectivity index is 1.73. The second-order valence-electron chi connectivity index (χ2n) is 6.40. The lowest BCUT2D eigenvalue weighted by molar-refractivity contribution is -0.115. The van der Waals surface area contributed by atoms with Gasteiger partial charge in [-0.15, -0.1) is 5.10 Å². The summed E-state index contributed by atoms with van der Waals surface area (Å²) >= 11 is 8.27. The molecule has 0 aliphatic carbocycles.